The van der Waals surface area contributed by atoms with Crippen LogP contribution in [0.25, 0.3) is 0 Å². The summed E-state index contributed by atoms with van der Waals surface area (Å²) in [5.41, 5.74) is 0.433. The van der Waals surface area contributed by atoms with Crippen molar-refractivity contribution in [2.75, 3.05) is 13.2 Å². The number of nitrogens with zero attached hydrogens (tertiary/aromatic N) is 1. The van der Waals surface area contributed by atoms with Gasteiger partial charge in [-0.15, -0.1) is 0 Å². The molecule has 0 aliphatic rings. The van der Waals surface area contributed by atoms with Gasteiger partial charge in [0.15, 0.2) is 0 Å². The van der Waals surface area contributed by atoms with Gasteiger partial charge in [0.1, 0.15) is 0 Å². The maximum atomic E-state index is 11.9. The minimum Gasteiger partial charge on any atom is -0.396 e. The summed E-state index contributed by atoms with van der Waals surface area (Å²) in [6, 6.07) is 7.75. The molecule has 5 nitrogen and oxygen atoms in total. The van der Waals surface area contributed by atoms with Crippen molar-refractivity contribution in [3.8, 4) is 6.07 Å². The van der Waals surface area contributed by atoms with E-state index in [0.717, 1.165) is 25.7 Å². The molecule has 0 saturated heterocycles. The smallest absolute Gasteiger partial charge is 0.240 e. The van der Waals surface area contributed by atoms with Gasteiger partial charge < -0.3 is 5.11 Å². The highest BCUT2D eigenvalue weighted by Crippen LogP contribution is 2.10. The molecule has 0 aromatic heterocycles. The van der Waals surface area contributed by atoms with E-state index in [1.54, 1.807) is 0 Å². The van der Waals surface area contributed by atoms with Crippen LogP contribution in [-0.4, -0.2) is 26.7 Å². The molecule has 0 radical (unpaired) electrons. The second-order valence-electron chi connectivity index (χ2n) is 4.17. The zero-order chi connectivity index (χ0) is 14.1. The van der Waals surface area contributed by atoms with Crippen LogP contribution >= 0.6 is 0 Å². The van der Waals surface area contributed by atoms with Crippen LogP contribution in [-0.2, 0) is 10.0 Å². The van der Waals surface area contributed by atoms with Gasteiger partial charge in [0, 0.05) is 13.2 Å². The lowest BCUT2D eigenvalue weighted by molar-refractivity contribution is 0.282. The maximum absolute atomic E-state index is 11.9. The summed E-state index contributed by atoms with van der Waals surface area (Å²) in [5, 5.41) is 17.3. The molecule has 0 aliphatic heterocycles. The Hall–Kier alpha value is -1.42. The van der Waals surface area contributed by atoms with Crippen LogP contribution in [0.4, 0.5) is 0 Å². The fourth-order valence-corrected chi connectivity index (χ4v) is 2.66. The number of hydrogen-bond donors (Lipinski definition) is 2. The lowest BCUT2D eigenvalue weighted by Gasteiger charge is -2.06. The molecular weight excluding hydrogens is 264 g/mol. The largest absolute Gasteiger partial charge is 0.396 e. The Kier molecular flexibility index (Phi) is 6.50. The van der Waals surface area contributed by atoms with Crippen molar-refractivity contribution in [2.24, 2.45) is 0 Å². The monoisotopic (exact) mass is 282 g/mol. The van der Waals surface area contributed by atoms with E-state index in [-0.39, 0.29) is 11.5 Å². The molecule has 0 unspecified atom stereocenters. The van der Waals surface area contributed by atoms with E-state index in [9.17, 15) is 8.42 Å². The van der Waals surface area contributed by atoms with Gasteiger partial charge in [-0.3, -0.25) is 0 Å². The van der Waals surface area contributed by atoms with Gasteiger partial charge in [-0.1, -0.05) is 12.8 Å². The first kappa shape index (κ1) is 15.6. The first-order valence-corrected chi connectivity index (χ1v) is 7.69. The third kappa shape index (κ3) is 5.39. The SMILES string of the molecule is N#Cc1ccc(S(=O)(=O)NCCCCCCO)cc1. The lowest BCUT2D eigenvalue weighted by Crippen LogP contribution is -2.24. The van der Waals surface area contributed by atoms with Gasteiger partial charge in [0.05, 0.1) is 16.5 Å². The zero-order valence-corrected chi connectivity index (χ0v) is 11.5. The molecule has 0 aliphatic carbocycles. The summed E-state index contributed by atoms with van der Waals surface area (Å²) in [7, 11) is -3.49. The maximum Gasteiger partial charge on any atom is 0.240 e. The molecule has 0 fully saturated rings. The van der Waals surface area contributed by atoms with Crippen molar-refractivity contribution >= 4 is 10.0 Å². The van der Waals surface area contributed by atoms with E-state index < -0.39 is 10.0 Å². The molecule has 6 heteroatoms. The quantitative estimate of drug-likeness (QED) is 0.705. The number of rotatable bonds is 8. The molecule has 2 N–H and O–H groups in total. The standard InChI is InChI=1S/C13H18N2O3S/c14-11-12-5-7-13(8-6-12)19(17,18)15-9-3-1-2-4-10-16/h5-8,15-16H,1-4,9-10H2. The normalized spacial score (nSPS) is 11.2. The molecule has 0 heterocycles. The Morgan fingerprint density at radius 1 is 1.11 bits per heavy atom. The van der Waals surface area contributed by atoms with Crippen molar-refractivity contribution in [2.45, 2.75) is 30.6 Å². The van der Waals surface area contributed by atoms with E-state index in [2.05, 4.69) is 4.72 Å². The molecule has 0 bridgehead atoms. The third-order valence-corrected chi connectivity index (χ3v) is 4.15. The number of aliphatic hydroxyl groups excluding tert-OH is 1. The molecule has 1 aromatic carbocycles. The predicted octanol–water partition coefficient (Wildman–Crippen LogP) is 1.39. The van der Waals surface area contributed by atoms with E-state index in [1.807, 2.05) is 6.07 Å². The summed E-state index contributed by atoms with van der Waals surface area (Å²) in [5.74, 6) is 0. The van der Waals surface area contributed by atoms with E-state index in [0.29, 0.717) is 12.1 Å². The van der Waals surface area contributed by atoms with Gasteiger partial charge in [-0.2, -0.15) is 5.26 Å². The molecular formula is C13H18N2O3S. The van der Waals surface area contributed by atoms with Gasteiger partial charge in [0.25, 0.3) is 0 Å². The van der Waals surface area contributed by atoms with Crippen LogP contribution in [0.5, 0.6) is 0 Å². The Labute approximate surface area is 113 Å². The van der Waals surface area contributed by atoms with Crippen molar-refractivity contribution < 1.29 is 13.5 Å². The Morgan fingerprint density at radius 2 is 1.74 bits per heavy atom. The van der Waals surface area contributed by atoms with E-state index in [4.69, 9.17) is 10.4 Å². The van der Waals surface area contributed by atoms with Gasteiger partial charge in [-0.25, -0.2) is 13.1 Å². The van der Waals surface area contributed by atoms with Crippen LogP contribution in [0.2, 0.25) is 0 Å². The van der Waals surface area contributed by atoms with Gasteiger partial charge >= 0.3 is 0 Å². The van der Waals surface area contributed by atoms with Crippen LogP contribution in [0, 0.1) is 11.3 Å². The highest BCUT2D eigenvalue weighted by atomic mass is 32.2. The molecule has 104 valence electrons. The van der Waals surface area contributed by atoms with Crippen LogP contribution < -0.4 is 4.72 Å². The molecule has 1 rings (SSSR count). The Morgan fingerprint density at radius 3 is 2.32 bits per heavy atom. The number of benzene rings is 1. The number of aliphatic hydroxyl groups is 1. The second kappa shape index (κ2) is 7.89. The average molecular weight is 282 g/mol. The summed E-state index contributed by atoms with van der Waals surface area (Å²) in [6.07, 6.45) is 3.28. The fourth-order valence-electron chi connectivity index (χ4n) is 1.59. The summed E-state index contributed by atoms with van der Waals surface area (Å²) < 4.78 is 26.3. The number of nitrogens with one attached hydrogen (secondary N) is 1. The van der Waals surface area contributed by atoms with Gasteiger partial charge in [0.2, 0.25) is 10.0 Å². The summed E-state index contributed by atoms with van der Waals surface area (Å²) in [4.78, 5) is 0.168. The van der Waals surface area contributed by atoms with Crippen molar-refractivity contribution in [3.63, 3.8) is 0 Å². The topological polar surface area (TPSA) is 90.2 Å². The minimum absolute atomic E-state index is 0.168. The van der Waals surface area contributed by atoms with Crippen LogP contribution in [0.3, 0.4) is 0 Å². The number of unbranched alkanes of at least 4 members (excludes halogenated alkanes) is 3. The van der Waals surface area contributed by atoms with Crippen molar-refractivity contribution in [3.05, 3.63) is 29.8 Å². The summed E-state index contributed by atoms with van der Waals surface area (Å²) >= 11 is 0. The molecule has 1 aromatic rings. The fraction of sp³-hybridized carbons (Fsp3) is 0.462. The number of hydrogen-bond acceptors (Lipinski definition) is 4. The van der Waals surface area contributed by atoms with Crippen molar-refractivity contribution in [1.29, 1.82) is 5.26 Å². The summed E-state index contributed by atoms with van der Waals surface area (Å²) in [6.45, 7) is 0.560. The Bertz CT molecular complexity index is 518. The van der Waals surface area contributed by atoms with Gasteiger partial charge in [-0.05, 0) is 37.1 Å². The minimum atomic E-state index is -3.49. The highest BCUT2D eigenvalue weighted by Gasteiger charge is 2.12. The van der Waals surface area contributed by atoms with E-state index in [1.165, 1.54) is 24.3 Å². The third-order valence-electron chi connectivity index (χ3n) is 2.67. The Balaban J connectivity index is 2.45. The average Bonchev–Trinajstić information content (AvgIpc) is 2.43. The molecule has 0 atom stereocenters. The number of nitriles is 1. The molecule has 0 saturated carbocycles. The van der Waals surface area contributed by atoms with Crippen LogP contribution in [0.15, 0.2) is 29.2 Å². The van der Waals surface area contributed by atoms with Crippen molar-refractivity contribution in [1.82, 2.24) is 4.72 Å². The number of sulfonamides is 1. The second-order valence-corrected chi connectivity index (χ2v) is 5.94. The first-order chi connectivity index (χ1) is 9.10. The lowest BCUT2D eigenvalue weighted by atomic mass is 10.2. The highest BCUT2D eigenvalue weighted by molar-refractivity contribution is 7.89. The van der Waals surface area contributed by atoms with E-state index >= 15 is 0 Å². The molecule has 0 amide bonds. The first-order valence-electron chi connectivity index (χ1n) is 6.21. The molecule has 0 spiro atoms. The predicted molar refractivity (Wildman–Crippen MR) is 71.9 cm³/mol. The zero-order valence-electron chi connectivity index (χ0n) is 10.7. The molecule has 19 heavy (non-hydrogen) atoms. The van der Waals surface area contributed by atoms with Crippen LogP contribution in [0.1, 0.15) is 31.2 Å².